The van der Waals surface area contributed by atoms with E-state index in [0.717, 1.165) is 36.6 Å². The number of hydrogen-bond donors (Lipinski definition) is 1. The molecule has 104 valence electrons. The molecule has 1 aromatic rings. The van der Waals surface area contributed by atoms with E-state index in [-0.39, 0.29) is 0 Å². The lowest BCUT2D eigenvalue weighted by Crippen LogP contribution is -2.46. The number of rotatable bonds is 3. The van der Waals surface area contributed by atoms with Gasteiger partial charge in [-0.05, 0) is 46.3 Å². The van der Waals surface area contributed by atoms with Crippen molar-refractivity contribution in [2.24, 2.45) is 5.92 Å². The molecule has 1 atom stereocenters. The molecule has 0 amide bonds. The van der Waals surface area contributed by atoms with Crippen molar-refractivity contribution >= 4 is 15.9 Å². The normalized spacial score (nSPS) is 23.6. The zero-order valence-corrected chi connectivity index (χ0v) is 12.9. The predicted molar refractivity (Wildman–Crippen MR) is 81.1 cm³/mol. The van der Waals surface area contributed by atoms with Crippen molar-refractivity contribution in [3.63, 3.8) is 0 Å². The fraction of sp³-hybridized carbons (Fsp3) is 0.667. The fourth-order valence-electron chi connectivity index (χ4n) is 3.60. The molecule has 2 fully saturated rings. The Hall–Kier alpha value is -0.450. The number of halogens is 1. The summed E-state index contributed by atoms with van der Waals surface area (Å²) in [6, 6.07) is 2.83. The molecular weight excluding hydrogens is 302 g/mol. The molecule has 3 rings (SSSR count). The molecule has 2 heterocycles. The second-order valence-electron chi connectivity index (χ2n) is 5.71. The van der Waals surface area contributed by atoms with E-state index in [0.29, 0.717) is 6.04 Å². The van der Waals surface area contributed by atoms with Crippen LogP contribution in [0.25, 0.3) is 0 Å². The summed E-state index contributed by atoms with van der Waals surface area (Å²) in [6.07, 6.45) is 9.49. The lowest BCUT2D eigenvalue weighted by Gasteiger charge is -2.38. The van der Waals surface area contributed by atoms with Crippen LogP contribution in [0.1, 0.15) is 37.3 Å². The van der Waals surface area contributed by atoms with E-state index in [4.69, 9.17) is 0 Å². The summed E-state index contributed by atoms with van der Waals surface area (Å²) >= 11 is 3.57. The standard InChI is InChI=1S/C15H22BrN3/c16-14-9-13(10-18-11-14)15(12-3-1-2-4-12)19-7-5-17-6-8-19/h9-12,15,17H,1-8H2/t15-/m0/s1. The minimum atomic E-state index is 0.564. The predicted octanol–water partition coefficient (Wildman–Crippen LogP) is 2.98. The number of nitrogens with zero attached hydrogens (tertiary/aromatic N) is 2. The summed E-state index contributed by atoms with van der Waals surface area (Å²) in [7, 11) is 0. The van der Waals surface area contributed by atoms with Gasteiger partial charge >= 0.3 is 0 Å². The van der Waals surface area contributed by atoms with Gasteiger partial charge in [-0.25, -0.2) is 0 Å². The van der Waals surface area contributed by atoms with E-state index in [9.17, 15) is 0 Å². The van der Waals surface area contributed by atoms with Crippen LogP contribution in [-0.4, -0.2) is 36.1 Å². The molecule has 0 radical (unpaired) electrons. The maximum absolute atomic E-state index is 4.38. The van der Waals surface area contributed by atoms with Crippen molar-refractivity contribution in [2.75, 3.05) is 26.2 Å². The van der Waals surface area contributed by atoms with Gasteiger partial charge in [-0.1, -0.05) is 12.8 Å². The number of piperazine rings is 1. The average Bonchev–Trinajstić information content (AvgIpc) is 2.94. The van der Waals surface area contributed by atoms with Gasteiger partial charge in [0.05, 0.1) is 0 Å². The van der Waals surface area contributed by atoms with Gasteiger partial charge in [-0.3, -0.25) is 9.88 Å². The summed E-state index contributed by atoms with van der Waals surface area (Å²) in [4.78, 5) is 7.04. The monoisotopic (exact) mass is 323 g/mol. The Bertz CT molecular complexity index is 412. The topological polar surface area (TPSA) is 28.2 Å². The van der Waals surface area contributed by atoms with Gasteiger partial charge in [0.2, 0.25) is 0 Å². The summed E-state index contributed by atoms with van der Waals surface area (Å²) in [5, 5.41) is 3.46. The van der Waals surface area contributed by atoms with E-state index in [1.165, 1.54) is 31.2 Å². The minimum Gasteiger partial charge on any atom is -0.314 e. The zero-order chi connectivity index (χ0) is 13.1. The third-order valence-corrected chi connectivity index (χ3v) is 4.89. The van der Waals surface area contributed by atoms with Gasteiger partial charge < -0.3 is 5.32 Å². The summed E-state index contributed by atoms with van der Waals surface area (Å²) in [6.45, 7) is 4.55. The van der Waals surface area contributed by atoms with Crippen LogP contribution in [0, 0.1) is 5.92 Å². The molecule has 1 saturated heterocycles. The molecule has 2 aliphatic rings. The fourth-order valence-corrected chi connectivity index (χ4v) is 3.99. The van der Waals surface area contributed by atoms with E-state index >= 15 is 0 Å². The molecule has 0 unspecified atom stereocenters. The van der Waals surface area contributed by atoms with Crippen molar-refractivity contribution in [3.05, 3.63) is 28.5 Å². The first-order chi connectivity index (χ1) is 9.34. The van der Waals surface area contributed by atoms with Crippen molar-refractivity contribution < 1.29 is 0 Å². The number of aromatic nitrogens is 1. The molecule has 1 saturated carbocycles. The third kappa shape index (κ3) is 3.18. The molecule has 0 bridgehead atoms. The second-order valence-corrected chi connectivity index (χ2v) is 6.63. The summed E-state index contributed by atoms with van der Waals surface area (Å²) in [5.41, 5.74) is 1.39. The SMILES string of the molecule is Brc1cncc([C@H](C2CCCC2)N2CCNCC2)c1. The van der Waals surface area contributed by atoms with E-state index in [1.54, 1.807) is 0 Å². The molecule has 19 heavy (non-hydrogen) atoms. The van der Waals surface area contributed by atoms with Crippen LogP contribution in [0.15, 0.2) is 22.9 Å². The molecule has 1 aliphatic carbocycles. The maximum Gasteiger partial charge on any atom is 0.0410 e. The van der Waals surface area contributed by atoms with Crippen molar-refractivity contribution in [1.82, 2.24) is 15.2 Å². The third-order valence-electron chi connectivity index (χ3n) is 4.46. The van der Waals surface area contributed by atoms with Gasteiger partial charge in [-0.2, -0.15) is 0 Å². The average molecular weight is 324 g/mol. The molecule has 1 aliphatic heterocycles. The number of hydrogen-bond acceptors (Lipinski definition) is 3. The van der Waals surface area contributed by atoms with Crippen LogP contribution in [-0.2, 0) is 0 Å². The van der Waals surface area contributed by atoms with Gasteiger partial charge in [0.1, 0.15) is 0 Å². The minimum absolute atomic E-state index is 0.564. The van der Waals surface area contributed by atoms with E-state index < -0.39 is 0 Å². The van der Waals surface area contributed by atoms with Crippen molar-refractivity contribution in [3.8, 4) is 0 Å². The maximum atomic E-state index is 4.38. The van der Waals surface area contributed by atoms with Gasteiger partial charge in [0.15, 0.2) is 0 Å². The first-order valence-corrected chi connectivity index (χ1v) is 8.19. The van der Waals surface area contributed by atoms with E-state index in [2.05, 4.69) is 43.4 Å². The van der Waals surface area contributed by atoms with E-state index in [1.807, 2.05) is 6.20 Å². The molecule has 0 spiro atoms. The highest BCUT2D eigenvalue weighted by atomic mass is 79.9. The van der Waals surface area contributed by atoms with Gasteiger partial charge in [-0.15, -0.1) is 0 Å². The van der Waals surface area contributed by atoms with Crippen LogP contribution in [0.5, 0.6) is 0 Å². The Balaban J connectivity index is 1.86. The Kier molecular flexibility index (Phi) is 4.51. The van der Waals surface area contributed by atoms with Crippen molar-refractivity contribution in [1.29, 1.82) is 0 Å². The Morgan fingerprint density at radius 3 is 2.63 bits per heavy atom. The lowest BCUT2D eigenvalue weighted by molar-refractivity contribution is 0.125. The largest absolute Gasteiger partial charge is 0.314 e. The Morgan fingerprint density at radius 2 is 1.95 bits per heavy atom. The number of pyridine rings is 1. The summed E-state index contributed by atoms with van der Waals surface area (Å²) < 4.78 is 1.10. The molecule has 1 N–H and O–H groups in total. The lowest BCUT2D eigenvalue weighted by atomic mass is 9.90. The highest BCUT2D eigenvalue weighted by Crippen LogP contribution is 2.39. The van der Waals surface area contributed by atoms with Crippen molar-refractivity contribution in [2.45, 2.75) is 31.7 Å². The second kappa shape index (κ2) is 6.33. The van der Waals surface area contributed by atoms with Crippen LogP contribution >= 0.6 is 15.9 Å². The van der Waals surface area contributed by atoms with Crippen LogP contribution in [0.2, 0.25) is 0 Å². The first-order valence-electron chi connectivity index (χ1n) is 7.40. The highest BCUT2D eigenvalue weighted by molar-refractivity contribution is 9.10. The van der Waals surface area contributed by atoms with Gasteiger partial charge in [0, 0.05) is 49.1 Å². The molecule has 4 heteroatoms. The van der Waals surface area contributed by atoms with Crippen LogP contribution in [0.3, 0.4) is 0 Å². The number of nitrogens with one attached hydrogen (secondary N) is 1. The molecular formula is C15H22BrN3. The zero-order valence-electron chi connectivity index (χ0n) is 11.3. The quantitative estimate of drug-likeness (QED) is 0.926. The summed E-state index contributed by atoms with van der Waals surface area (Å²) in [5.74, 6) is 0.814. The van der Waals surface area contributed by atoms with Gasteiger partial charge in [0.25, 0.3) is 0 Å². The Labute approximate surface area is 123 Å². The van der Waals surface area contributed by atoms with Crippen LogP contribution in [0.4, 0.5) is 0 Å². The smallest absolute Gasteiger partial charge is 0.0410 e. The molecule has 1 aromatic heterocycles. The molecule has 3 nitrogen and oxygen atoms in total. The first kappa shape index (κ1) is 13.5. The molecule has 0 aromatic carbocycles. The highest BCUT2D eigenvalue weighted by Gasteiger charge is 2.32. The van der Waals surface area contributed by atoms with Crippen LogP contribution < -0.4 is 5.32 Å². The Morgan fingerprint density at radius 1 is 1.21 bits per heavy atom.